The molecule has 0 bridgehead atoms. The molecule has 0 N–H and O–H groups in total. The second kappa shape index (κ2) is 3.60. The number of hydrogen-bond donors (Lipinski definition) is 0. The van der Waals surface area contributed by atoms with Crippen molar-refractivity contribution in [3.05, 3.63) is 11.8 Å². The van der Waals surface area contributed by atoms with Crippen LogP contribution in [0.25, 0.3) is 0 Å². The zero-order valence-corrected chi connectivity index (χ0v) is 8.43. The molecule has 4 heteroatoms. The number of likely N-dealkylation sites (N-methyl/N-ethyl adjacent to an activating group) is 1. The lowest BCUT2D eigenvalue weighted by molar-refractivity contribution is -0.115. The summed E-state index contributed by atoms with van der Waals surface area (Å²) in [7, 11) is 3.64. The molecule has 3 atom stereocenters. The van der Waals surface area contributed by atoms with Crippen molar-refractivity contribution in [1.29, 1.82) is 5.26 Å². The summed E-state index contributed by atoms with van der Waals surface area (Å²) >= 11 is 0. The van der Waals surface area contributed by atoms with Gasteiger partial charge < -0.3 is 14.4 Å². The molecule has 0 spiro atoms. The smallest absolute Gasteiger partial charge is 0.159 e. The third kappa shape index (κ3) is 1.49. The van der Waals surface area contributed by atoms with E-state index in [2.05, 4.69) is 11.0 Å². The SMILES string of the molecule is CO[C@@H]1C[C@@H]2[C@@H](CC(C#N)=CN2C)O1. The van der Waals surface area contributed by atoms with Crippen LogP contribution < -0.4 is 0 Å². The number of hydrogen-bond acceptors (Lipinski definition) is 4. The lowest BCUT2D eigenvalue weighted by atomic mass is 9.98. The second-order valence-corrected chi connectivity index (χ2v) is 3.78. The second-order valence-electron chi connectivity index (χ2n) is 3.78. The topological polar surface area (TPSA) is 45.5 Å². The number of methoxy groups -OCH3 is 1. The Morgan fingerprint density at radius 3 is 3.14 bits per heavy atom. The van der Waals surface area contributed by atoms with Crippen molar-refractivity contribution in [3.63, 3.8) is 0 Å². The predicted molar refractivity (Wildman–Crippen MR) is 50.2 cm³/mol. The minimum atomic E-state index is -0.112. The molecule has 2 aliphatic rings. The largest absolute Gasteiger partial charge is 0.374 e. The summed E-state index contributed by atoms with van der Waals surface area (Å²) in [5, 5.41) is 8.82. The minimum Gasteiger partial charge on any atom is -0.374 e. The Kier molecular flexibility index (Phi) is 2.44. The maximum atomic E-state index is 8.82. The van der Waals surface area contributed by atoms with Gasteiger partial charge in [0.1, 0.15) is 0 Å². The molecule has 1 saturated heterocycles. The van der Waals surface area contributed by atoms with Crippen molar-refractivity contribution >= 4 is 0 Å². The number of nitrogens with zero attached hydrogens (tertiary/aromatic N) is 2. The first-order chi connectivity index (χ1) is 6.74. The summed E-state index contributed by atoms with van der Waals surface area (Å²) in [6, 6.07) is 2.54. The molecular weight excluding hydrogens is 180 g/mol. The molecule has 1 fully saturated rings. The Bertz CT molecular complexity index is 295. The fraction of sp³-hybridized carbons (Fsp3) is 0.700. The molecule has 76 valence electrons. The van der Waals surface area contributed by atoms with Gasteiger partial charge >= 0.3 is 0 Å². The molecule has 4 nitrogen and oxygen atoms in total. The zero-order chi connectivity index (χ0) is 10.1. The van der Waals surface area contributed by atoms with E-state index < -0.39 is 0 Å². The van der Waals surface area contributed by atoms with Gasteiger partial charge in [-0.2, -0.15) is 5.26 Å². The molecule has 2 rings (SSSR count). The summed E-state index contributed by atoms with van der Waals surface area (Å²) in [4.78, 5) is 2.06. The van der Waals surface area contributed by atoms with Crippen LogP contribution in [0.5, 0.6) is 0 Å². The number of nitriles is 1. The van der Waals surface area contributed by atoms with E-state index in [1.807, 2.05) is 13.2 Å². The molecule has 0 aromatic carbocycles. The first-order valence-corrected chi connectivity index (χ1v) is 4.75. The minimum absolute atomic E-state index is 0.112. The van der Waals surface area contributed by atoms with Crippen molar-refractivity contribution < 1.29 is 9.47 Å². The molecule has 0 aliphatic carbocycles. The van der Waals surface area contributed by atoms with Gasteiger partial charge in [-0.1, -0.05) is 0 Å². The Balaban J connectivity index is 2.12. The number of ether oxygens (including phenoxy) is 2. The highest BCUT2D eigenvalue weighted by Crippen LogP contribution is 2.32. The quantitative estimate of drug-likeness (QED) is 0.621. The van der Waals surface area contributed by atoms with Crippen LogP contribution in [0.15, 0.2) is 11.8 Å². The normalized spacial score (nSPS) is 36.2. The van der Waals surface area contributed by atoms with Crippen molar-refractivity contribution in [2.45, 2.75) is 31.3 Å². The van der Waals surface area contributed by atoms with E-state index in [0.717, 1.165) is 12.0 Å². The van der Waals surface area contributed by atoms with E-state index in [9.17, 15) is 0 Å². The fourth-order valence-corrected chi connectivity index (χ4v) is 2.14. The van der Waals surface area contributed by atoms with Crippen LogP contribution in [-0.4, -0.2) is 37.5 Å². The van der Waals surface area contributed by atoms with Gasteiger partial charge in [-0.3, -0.25) is 0 Å². The first kappa shape index (κ1) is 9.50. The van der Waals surface area contributed by atoms with Crippen molar-refractivity contribution in [1.82, 2.24) is 4.90 Å². The van der Waals surface area contributed by atoms with E-state index in [0.29, 0.717) is 12.5 Å². The predicted octanol–water partition coefficient (Wildman–Crippen LogP) is 0.859. The van der Waals surface area contributed by atoms with Gasteiger partial charge in [0.15, 0.2) is 6.29 Å². The highest BCUT2D eigenvalue weighted by atomic mass is 16.7. The van der Waals surface area contributed by atoms with Crippen molar-refractivity contribution in [2.24, 2.45) is 0 Å². The van der Waals surface area contributed by atoms with E-state index in [1.54, 1.807) is 7.11 Å². The zero-order valence-electron chi connectivity index (χ0n) is 8.43. The van der Waals surface area contributed by atoms with Gasteiger partial charge in [-0.05, 0) is 0 Å². The van der Waals surface area contributed by atoms with Crippen LogP contribution in [0.4, 0.5) is 0 Å². The lowest BCUT2D eigenvalue weighted by Gasteiger charge is -2.31. The monoisotopic (exact) mass is 194 g/mol. The Labute approximate surface area is 83.7 Å². The summed E-state index contributed by atoms with van der Waals surface area (Å²) < 4.78 is 10.8. The molecule has 0 radical (unpaired) electrons. The molecule has 14 heavy (non-hydrogen) atoms. The Morgan fingerprint density at radius 2 is 2.50 bits per heavy atom. The average molecular weight is 194 g/mol. The van der Waals surface area contributed by atoms with Gasteiger partial charge in [0.05, 0.1) is 18.2 Å². The third-order valence-electron chi connectivity index (χ3n) is 2.90. The van der Waals surface area contributed by atoms with Crippen LogP contribution in [0.2, 0.25) is 0 Å². The average Bonchev–Trinajstić information content (AvgIpc) is 2.61. The summed E-state index contributed by atoms with van der Waals surface area (Å²) in [5.41, 5.74) is 0.783. The van der Waals surface area contributed by atoms with Gasteiger partial charge in [0.25, 0.3) is 0 Å². The third-order valence-corrected chi connectivity index (χ3v) is 2.90. The maximum absolute atomic E-state index is 8.82. The molecule has 0 aromatic heterocycles. The molecule has 2 heterocycles. The Hall–Kier alpha value is -1.05. The van der Waals surface area contributed by atoms with Crippen LogP contribution in [-0.2, 0) is 9.47 Å². The molecule has 0 aromatic rings. The Morgan fingerprint density at radius 1 is 1.71 bits per heavy atom. The van der Waals surface area contributed by atoms with Crippen molar-refractivity contribution in [2.75, 3.05) is 14.2 Å². The van der Waals surface area contributed by atoms with Crippen LogP contribution in [0.1, 0.15) is 12.8 Å². The summed E-state index contributed by atoms with van der Waals surface area (Å²) in [6.45, 7) is 0. The standard InChI is InChI=1S/C10H14N2O2/c1-12-6-7(5-11)3-9-8(12)4-10(13-2)14-9/h6,8-10H,3-4H2,1-2H3/t8-,9-,10+/m1/s1. The van der Waals surface area contributed by atoms with Crippen LogP contribution in [0.3, 0.4) is 0 Å². The van der Waals surface area contributed by atoms with E-state index >= 15 is 0 Å². The highest BCUT2D eigenvalue weighted by molar-refractivity contribution is 5.24. The maximum Gasteiger partial charge on any atom is 0.159 e. The van der Waals surface area contributed by atoms with Crippen molar-refractivity contribution in [3.8, 4) is 6.07 Å². The van der Waals surface area contributed by atoms with Gasteiger partial charge in [-0.15, -0.1) is 0 Å². The molecule has 0 amide bonds. The van der Waals surface area contributed by atoms with E-state index in [4.69, 9.17) is 14.7 Å². The van der Waals surface area contributed by atoms with Crippen LogP contribution in [0, 0.1) is 11.3 Å². The number of fused-ring (bicyclic) bond motifs is 1. The lowest BCUT2D eigenvalue weighted by Crippen LogP contribution is -2.38. The fourth-order valence-electron chi connectivity index (χ4n) is 2.14. The molecule has 0 unspecified atom stereocenters. The molecule has 2 aliphatic heterocycles. The summed E-state index contributed by atoms with van der Waals surface area (Å²) in [6.07, 6.45) is 3.50. The summed E-state index contributed by atoms with van der Waals surface area (Å²) in [5.74, 6) is 0. The van der Waals surface area contributed by atoms with E-state index in [1.165, 1.54) is 0 Å². The van der Waals surface area contributed by atoms with Gasteiger partial charge in [0.2, 0.25) is 0 Å². The molecular formula is C10H14N2O2. The van der Waals surface area contributed by atoms with Gasteiger partial charge in [-0.25, -0.2) is 0 Å². The molecule has 0 saturated carbocycles. The highest BCUT2D eigenvalue weighted by Gasteiger charge is 2.39. The van der Waals surface area contributed by atoms with Gasteiger partial charge in [0, 0.05) is 38.8 Å². The van der Waals surface area contributed by atoms with Crippen LogP contribution >= 0.6 is 0 Å². The number of rotatable bonds is 1. The van der Waals surface area contributed by atoms with E-state index in [-0.39, 0.29) is 12.4 Å². The first-order valence-electron chi connectivity index (χ1n) is 4.75.